The van der Waals surface area contributed by atoms with Crippen LogP contribution in [0, 0.1) is 11.3 Å². The average molecular weight is 372 g/mol. The largest absolute Gasteiger partial charge is 0.491 e. The summed E-state index contributed by atoms with van der Waals surface area (Å²) in [4.78, 5) is 3.92. The number of ether oxygens (including phenoxy) is 5. The minimum atomic E-state index is 0.364. The highest BCUT2D eigenvalue weighted by atomic mass is 16.6. The Bertz CT molecular complexity index is 658. The van der Waals surface area contributed by atoms with E-state index in [9.17, 15) is 0 Å². The number of hydrogen-bond acceptors (Lipinski definition) is 7. The number of hydrogen-bond donors (Lipinski definition) is 0. The van der Waals surface area contributed by atoms with Crippen molar-refractivity contribution in [2.75, 3.05) is 52.9 Å². The van der Waals surface area contributed by atoms with Crippen molar-refractivity contribution < 1.29 is 23.7 Å². The van der Waals surface area contributed by atoms with Gasteiger partial charge in [-0.25, -0.2) is 4.98 Å². The van der Waals surface area contributed by atoms with E-state index in [2.05, 4.69) is 4.98 Å². The predicted molar refractivity (Wildman–Crippen MR) is 98.8 cm³/mol. The zero-order chi connectivity index (χ0) is 19.0. The second-order valence-electron chi connectivity index (χ2n) is 5.34. The summed E-state index contributed by atoms with van der Waals surface area (Å²) < 4.78 is 27.2. The maximum absolute atomic E-state index is 8.66. The number of benzene rings is 1. The van der Waals surface area contributed by atoms with E-state index in [1.807, 2.05) is 36.4 Å². The molecule has 0 radical (unpaired) electrons. The zero-order valence-corrected chi connectivity index (χ0v) is 15.2. The minimum Gasteiger partial charge on any atom is -0.491 e. The van der Waals surface area contributed by atoms with Crippen molar-refractivity contribution in [1.82, 2.24) is 4.98 Å². The van der Waals surface area contributed by atoms with Gasteiger partial charge in [0.05, 0.1) is 45.8 Å². The maximum atomic E-state index is 8.66. The Labute approximate surface area is 159 Å². The highest BCUT2D eigenvalue weighted by Crippen LogP contribution is 2.08. The molecule has 144 valence electrons. The molecule has 27 heavy (non-hydrogen) atoms. The molecule has 0 fully saturated rings. The average Bonchev–Trinajstić information content (AvgIpc) is 2.72. The molecule has 2 rings (SSSR count). The second-order valence-corrected chi connectivity index (χ2v) is 5.34. The lowest BCUT2D eigenvalue weighted by Crippen LogP contribution is -2.14. The number of para-hydroxylation sites is 1. The van der Waals surface area contributed by atoms with E-state index in [0.717, 1.165) is 5.75 Å². The van der Waals surface area contributed by atoms with E-state index in [4.69, 9.17) is 28.9 Å². The Morgan fingerprint density at radius 1 is 0.667 bits per heavy atom. The summed E-state index contributed by atoms with van der Waals surface area (Å²) in [5.41, 5.74) is 0.364. The lowest BCUT2D eigenvalue weighted by molar-refractivity contribution is 0.00497. The van der Waals surface area contributed by atoms with E-state index in [1.54, 1.807) is 12.1 Å². The molecule has 0 unspecified atom stereocenters. The molecule has 0 aliphatic carbocycles. The lowest BCUT2D eigenvalue weighted by atomic mass is 10.3. The van der Waals surface area contributed by atoms with Crippen molar-refractivity contribution >= 4 is 0 Å². The van der Waals surface area contributed by atoms with Crippen LogP contribution >= 0.6 is 0 Å². The van der Waals surface area contributed by atoms with Gasteiger partial charge in [-0.2, -0.15) is 5.26 Å². The number of rotatable bonds is 14. The Kier molecular flexibility index (Phi) is 10.3. The summed E-state index contributed by atoms with van der Waals surface area (Å²) in [7, 11) is 0. The molecule has 7 nitrogen and oxygen atoms in total. The number of aromatic nitrogens is 1. The minimum absolute atomic E-state index is 0.364. The molecule has 0 spiro atoms. The molecule has 0 atom stereocenters. The molecule has 0 bridgehead atoms. The Hall–Kier alpha value is -2.66. The highest BCUT2D eigenvalue weighted by molar-refractivity contribution is 5.26. The van der Waals surface area contributed by atoms with E-state index in [1.165, 1.54) is 6.20 Å². The third kappa shape index (κ3) is 9.56. The van der Waals surface area contributed by atoms with Crippen molar-refractivity contribution in [3.8, 4) is 17.6 Å². The first-order valence-corrected chi connectivity index (χ1v) is 8.78. The second kappa shape index (κ2) is 13.5. The summed E-state index contributed by atoms with van der Waals surface area (Å²) in [5, 5.41) is 8.66. The fourth-order valence-electron chi connectivity index (χ4n) is 2.03. The van der Waals surface area contributed by atoms with Crippen LogP contribution in [0.3, 0.4) is 0 Å². The molecular weight excluding hydrogens is 348 g/mol. The SMILES string of the molecule is N#Cc1ccc(OCCOCCOCCOCCOc2ccccc2)cn1. The molecule has 2 aromatic rings. The summed E-state index contributed by atoms with van der Waals surface area (Å²) in [6.45, 7) is 3.94. The van der Waals surface area contributed by atoms with Crippen molar-refractivity contribution in [2.24, 2.45) is 0 Å². The molecule has 0 aliphatic heterocycles. The molecule has 7 heteroatoms. The molecule has 0 N–H and O–H groups in total. The number of pyridine rings is 1. The molecule has 1 heterocycles. The van der Waals surface area contributed by atoms with E-state index in [-0.39, 0.29) is 0 Å². The first-order chi connectivity index (χ1) is 13.4. The Morgan fingerprint density at radius 3 is 1.74 bits per heavy atom. The van der Waals surface area contributed by atoms with Crippen LogP contribution in [0.25, 0.3) is 0 Å². The third-order valence-corrected chi connectivity index (χ3v) is 3.33. The highest BCUT2D eigenvalue weighted by Gasteiger charge is 1.97. The number of nitrogens with zero attached hydrogens (tertiary/aromatic N) is 2. The van der Waals surface area contributed by atoms with Crippen molar-refractivity contribution in [2.45, 2.75) is 0 Å². The third-order valence-electron chi connectivity index (χ3n) is 3.33. The molecule has 1 aromatic heterocycles. The van der Waals surface area contributed by atoms with Gasteiger partial charge in [0.25, 0.3) is 0 Å². The molecule has 0 saturated heterocycles. The van der Waals surface area contributed by atoms with Crippen molar-refractivity contribution in [3.05, 3.63) is 54.4 Å². The van der Waals surface area contributed by atoms with Crippen LogP contribution in [0.1, 0.15) is 5.69 Å². The van der Waals surface area contributed by atoms with Crippen LogP contribution in [0.5, 0.6) is 11.5 Å². The van der Waals surface area contributed by atoms with Crippen LogP contribution in [-0.4, -0.2) is 57.8 Å². The summed E-state index contributed by atoms with van der Waals surface area (Å²) >= 11 is 0. The quantitative estimate of drug-likeness (QED) is 0.471. The summed E-state index contributed by atoms with van der Waals surface area (Å²) in [6, 6.07) is 14.9. The van der Waals surface area contributed by atoms with Crippen LogP contribution in [0.4, 0.5) is 0 Å². The maximum Gasteiger partial charge on any atom is 0.140 e. The van der Waals surface area contributed by atoms with Crippen LogP contribution in [-0.2, 0) is 14.2 Å². The Morgan fingerprint density at radius 2 is 1.22 bits per heavy atom. The van der Waals surface area contributed by atoms with Gasteiger partial charge in [-0.3, -0.25) is 0 Å². The number of nitriles is 1. The van der Waals surface area contributed by atoms with E-state index in [0.29, 0.717) is 64.3 Å². The van der Waals surface area contributed by atoms with Crippen LogP contribution in [0.2, 0.25) is 0 Å². The van der Waals surface area contributed by atoms with Crippen LogP contribution < -0.4 is 9.47 Å². The monoisotopic (exact) mass is 372 g/mol. The van der Waals surface area contributed by atoms with Gasteiger partial charge in [0.1, 0.15) is 36.5 Å². The van der Waals surface area contributed by atoms with Gasteiger partial charge in [0.2, 0.25) is 0 Å². The van der Waals surface area contributed by atoms with Gasteiger partial charge in [0.15, 0.2) is 0 Å². The van der Waals surface area contributed by atoms with Crippen molar-refractivity contribution in [1.29, 1.82) is 5.26 Å². The topological polar surface area (TPSA) is 82.8 Å². The van der Waals surface area contributed by atoms with Gasteiger partial charge >= 0.3 is 0 Å². The molecule has 1 aromatic carbocycles. The molecular formula is C20H24N2O5. The molecule has 0 aliphatic rings. The first-order valence-electron chi connectivity index (χ1n) is 8.78. The fraction of sp³-hybridized carbons (Fsp3) is 0.400. The predicted octanol–water partition coefficient (Wildman–Crippen LogP) is 2.46. The molecule has 0 saturated carbocycles. The van der Waals surface area contributed by atoms with Gasteiger partial charge in [-0.05, 0) is 24.3 Å². The van der Waals surface area contributed by atoms with Gasteiger partial charge < -0.3 is 23.7 Å². The van der Waals surface area contributed by atoms with Gasteiger partial charge in [-0.15, -0.1) is 0 Å². The standard InChI is InChI=1S/C20H24N2O5/c21-16-18-6-7-20(17-22-18)27-15-13-25-11-9-23-8-10-24-12-14-26-19-4-2-1-3-5-19/h1-7,17H,8-15H2. The van der Waals surface area contributed by atoms with E-state index >= 15 is 0 Å². The summed E-state index contributed by atoms with van der Waals surface area (Å²) in [6.07, 6.45) is 1.52. The summed E-state index contributed by atoms with van der Waals surface area (Å²) in [5.74, 6) is 1.45. The fourth-order valence-corrected chi connectivity index (χ4v) is 2.03. The van der Waals surface area contributed by atoms with E-state index < -0.39 is 0 Å². The van der Waals surface area contributed by atoms with Gasteiger partial charge in [0, 0.05) is 0 Å². The van der Waals surface area contributed by atoms with Crippen molar-refractivity contribution in [3.63, 3.8) is 0 Å². The normalized spacial score (nSPS) is 10.3. The molecule has 0 amide bonds. The first kappa shape index (κ1) is 20.6. The smallest absolute Gasteiger partial charge is 0.140 e. The zero-order valence-electron chi connectivity index (χ0n) is 15.2. The van der Waals surface area contributed by atoms with Gasteiger partial charge in [-0.1, -0.05) is 18.2 Å². The van der Waals surface area contributed by atoms with Crippen LogP contribution in [0.15, 0.2) is 48.7 Å². The lowest BCUT2D eigenvalue weighted by Gasteiger charge is -2.08. The Balaban J connectivity index is 1.33.